The van der Waals surface area contributed by atoms with Gasteiger partial charge in [0.1, 0.15) is 12.4 Å². The molecule has 1 saturated heterocycles. The lowest BCUT2D eigenvalue weighted by molar-refractivity contribution is -0.113. The molecule has 1 aliphatic heterocycles. The van der Waals surface area contributed by atoms with Gasteiger partial charge in [-0.15, -0.1) is 6.42 Å². The first-order chi connectivity index (χ1) is 14.5. The molecule has 2 amide bonds. The number of hydrogen-bond donors (Lipinski definition) is 0. The van der Waals surface area contributed by atoms with Gasteiger partial charge in [0.25, 0.3) is 11.1 Å². The normalized spacial score (nSPS) is 14.7. The van der Waals surface area contributed by atoms with Crippen LogP contribution in [0.3, 0.4) is 0 Å². The van der Waals surface area contributed by atoms with Crippen LogP contribution in [-0.2, 0) is 4.79 Å². The number of terminal acetylenes is 1. The van der Waals surface area contributed by atoms with Crippen LogP contribution in [-0.4, -0.2) is 31.5 Å². The van der Waals surface area contributed by atoms with Crippen molar-refractivity contribution in [3.63, 3.8) is 0 Å². The molecule has 0 unspecified atom stereocenters. The third-order valence-corrected chi connectivity index (χ3v) is 5.51. The Morgan fingerprint density at radius 3 is 2.67 bits per heavy atom. The van der Waals surface area contributed by atoms with Gasteiger partial charge < -0.3 is 14.2 Å². The van der Waals surface area contributed by atoms with Crippen LogP contribution in [0.15, 0.2) is 45.8 Å². The summed E-state index contributed by atoms with van der Waals surface area (Å²) in [5, 5.41) is -0.395. The molecule has 0 bridgehead atoms. The highest BCUT2D eigenvalue weighted by Gasteiger charge is 2.37. The Morgan fingerprint density at radius 2 is 1.97 bits per heavy atom. The van der Waals surface area contributed by atoms with Gasteiger partial charge in [-0.05, 0) is 70.5 Å². The van der Waals surface area contributed by atoms with Gasteiger partial charge in [-0.25, -0.2) is 4.90 Å². The summed E-state index contributed by atoms with van der Waals surface area (Å²) in [6.45, 7) is 2.37. The molecule has 1 fully saturated rings. The van der Waals surface area contributed by atoms with Crippen molar-refractivity contribution < 1.29 is 23.8 Å². The fraction of sp³-hybridized carbons (Fsp3) is 0.182. The number of halogens is 1. The molecule has 1 heterocycles. The number of thioether (sulfide) groups is 1. The lowest BCUT2D eigenvalue weighted by atomic mass is 10.1. The van der Waals surface area contributed by atoms with Gasteiger partial charge in [0, 0.05) is 0 Å². The summed E-state index contributed by atoms with van der Waals surface area (Å²) in [7, 11) is 1.49. The molecule has 0 saturated carbocycles. The predicted octanol–water partition coefficient (Wildman–Crippen LogP) is 5.11. The van der Waals surface area contributed by atoms with Gasteiger partial charge in [0.2, 0.25) is 0 Å². The Hall–Kier alpha value is -2.89. The van der Waals surface area contributed by atoms with E-state index in [0.717, 1.165) is 16.7 Å². The summed E-state index contributed by atoms with van der Waals surface area (Å²) in [4.78, 5) is 26.9. The van der Waals surface area contributed by atoms with Crippen molar-refractivity contribution in [3.05, 3.63) is 51.3 Å². The number of imide groups is 1. The van der Waals surface area contributed by atoms with Crippen molar-refractivity contribution in [2.75, 3.05) is 25.2 Å². The summed E-state index contributed by atoms with van der Waals surface area (Å²) in [5.41, 5.74) is 1.07. The summed E-state index contributed by atoms with van der Waals surface area (Å²) in [5.74, 6) is 3.40. The highest BCUT2D eigenvalue weighted by Crippen LogP contribution is 2.41. The lowest BCUT2D eigenvalue weighted by Gasteiger charge is -2.15. The predicted molar refractivity (Wildman–Crippen MR) is 121 cm³/mol. The van der Waals surface area contributed by atoms with Crippen LogP contribution in [0.2, 0.25) is 0 Å². The first-order valence-corrected chi connectivity index (χ1v) is 10.5. The number of anilines is 1. The molecule has 6 nitrogen and oxygen atoms in total. The first kappa shape index (κ1) is 21.8. The van der Waals surface area contributed by atoms with Crippen molar-refractivity contribution in [2.45, 2.75) is 6.92 Å². The number of carbonyl (C=O) groups excluding carboxylic acids is 2. The van der Waals surface area contributed by atoms with Gasteiger partial charge >= 0.3 is 0 Å². The van der Waals surface area contributed by atoms with E-state index < -0.39 is 11.1 Å². The van der Waals surface area contributed by atoms with Crippen LogP contribution >= 0.6 is 27.7 Å². The van der Waals surface area contributed by atoms with Crippen LogP contribution in [0.5, 0.6) is 17.2 Å². The van der Waals surface area contributed by atoms with Crippen molar-refractivity contribution in [1.29, 1.82) is 0 Å². The summed E-state index contributed by atoms with van der Waals surface area (Å²) in [6, 6.07) is 10.4. The fourth-order valence-electron chi connectivity index (χ4n) is 2.83. The van der Waals surface area contributed by atoms with E-state index in [1.165, 1.54) is 7.11 Å². The van der Waals surface area contributed by atoms with Gasteiger partial charge in [-0.3, -0.25) is 9.59 Å². The molecule has 0 spiro atoms. The zero-order chi connectivity index (χ0) is 21.7. The van der Waals surface area contributed by atoms with Gasteiger partial charge in [0.05, 0.1) is 28.8 Å². The molecule has 0 N–H and O–H groups in total. The molecule has 30 heavy (non-hydrogen) atoms. The molecule has 0 atom stereocenters. The van der Waals surface area contributed by atoms with Gasteiger partial charge in [-0.2, -0.15) is 0 Å². The van der Waals surface area contributed by atoms with E-state index in [9.17, 15) is 9.59 Å². The van der Waals surface area contributed by atoms with Crippen LogP contribution in [0.4, 0.5) is 10.5 Å². The second-order valence-corrected chi connectivity index (χ2v) is 7.79. The van der Waals surface area contributed by atoms with E-state index in [2.05, 4.69) is 21.9 Å². The summed E-state index contributed by atoms with van der Waals surface area (Å²) < 4.78 is 17.1. The van der Waals surface area contributed by atoms with Crippen molar-refractivity contribution >= 4 is 50.6 Å². The molecule has 154 valence electrons. The molecule has 3 rings (SSSR count). The van der Waals surface area contributed by atoms with E-state index in [-0.39, 0.29) is 11.5 Å². The number of hydrogen-bond acceptors (Lipinski definition) is 6. The molecule has 0 aromatic heterocycles. The smallest absolute Gasteiger partial charge is 0.298 e. The molecule has 0 aliphatic carbocycles. The Labute approximate surface area is 187 Å². The number of rotatable bonds is 7. The third-order valence-electron chi connectivity index (χ3n) is 4.05. The monoisotopic (exact) mass is 487 g/mol. The Balaban J connectivity index is 1.96. The average molecular weight is 488 g/mol. The summed E-state index contributed by atoms with van der Waals surface area (Å²) in [6.07, 6.45) is 6.91. The minimum Gasteiger partial charge on any atom is -0.495 e. The van der Waals surface area contributed by atoms with Crippen molar-refractivity contribution in [1.82, 2.24) is 0 Å². The van der Waals surface area contributed by atoms with E-state index >= 15 is 0 Å². The van der Waals surface area contributed by atoms with Crippen LogP contribution < -0.4 is 19.1 Å². The maximum absolute atomic E-state index is 13.0. The minimum absolute atomic E-state index is 0.0931. The zero-order valence-electron chi connectivity index (χ0n) is 16.3. The van der Waals surface area contributed by atoms with Gasteiger partial charge in [0.15, 0.2) is 11.5 Å². The lowest BCUT2D eigenvalue weighted by Crippen LogP contribution is -2.28. The number of para-hydroxylation sites is 2. The van der Waals surface area contributed by atoms with Gasteiger partial charge in [-0.1, -0.05) is 18.1 Å². The second-order valence-electron chi connectivity index (χ2n) is 5.94. The Bertz CT molecular complexity index is 1060. The summed E-state index contributed by atoms with van der Waals surface area (Å²) >= 11 is 4.32. The number of ether oxygens (including phenoxy) is 3. The number of methoxy groups -OCH3 is 1. The first-order valence-electron chi connectivity index (χ1n) is 8.93. The molecular weight excluding hydrogens is 470 g/mol. The van der Waals surface area contributed by atoms with Crippen LogP contribution in [0, 0.1) is 12.3 Å². The SMILES string of the molecule is C#CCOc1c(Br)cc(/C=C2\SC(=O)N(c3ccccc3OC)C2=O)cc1OCC. The van der Waals surface area contributed by atoms with Crippen LogP contribution in [0.25, 0.3) is 6.08 Å². The van der Waals surface area contributed by atoms with E-state index in [1.54, 1.807) is 42.5 Å². The molecule has 0 radical (unpaired) electrons. The van der Waals surface area contributed by atoms with E-state index in [0.29, 0.717) is 39.6 Å². The average Bonchev–Trinajstić information content (AvgIpc) is 3.00. The highest BCUT2D eigenvalue weighted by molar-refractivity contribution is 9.10. The van der Waals surface area contributed by atoms with E-state index in [4.69, 9.17) is 20.6 Å². The Morgan fingerprint density at radius 1 is 1.20 bits per heavy atom. The number of carbonyl (C=O) groups is 2. The minimum atomic E-state index is -0.420. The van der Waals surface area contributed by atoms with Crippen LogP contribution in [0.1, 0.15) is 12.5 Å². The van der Waals surface area contributed by atoms with Crippen molar-refractivity contribution in [3.8, 4) is 29.6 Å². The topological polar surface area (TPSA) is 65.1 Å². The number of nitrogens with zero attached hydrogens (tertiary/aromatic N) is 1. The molecule has 2 aromatic carbocycles. The quantitative estimate of drug-likeness (QED) is 0.399. The standard InChI is InChI=1S/C22H18BrNO5S/c1-4-10-29-20-15(23)11-14(12-18(20)28-5-2)13-19-21(25)24(22(26)30-19)16-8-6-7-9-17(16)27-3/h1,6-9,11-13H,5,10H2,2-3H3/b19-13-. The zero-order valence-corrected chi connectivity index (χ0v) is 18.7. The van der Waals surface area contributed by atoms with E-state index in [1.807, 2.05) is 6.92 Å². The van der Waals surface area contributed by atoms with Crippen molar-refractivity contribution in [2.24, 2.45) is 0 Å². The third kappa shape index (κ3) is 4.48. The Kier molecular flexibility index (Phi) is 7.08. The number of amides is 2. The molecular formula is C22H18BrNO5S. The second kappa shape index (κ2) is 9.74. The number of benzene rings is 2. The fourth-order valence-corrected chi connectivity index (χ4v) is 4.24. The molecule has 2 aromatic rings. The largest absolute Gasteiger partial charge is 0.495 e. The maximum Gasteiger partial charge on any atom is 0.298 e. The maximum atomic E-state index is 13.0. The highest BCUT2D eigenvalue weighted by atomic mass is 79.9. The molecule has 8 heteroatoms. The molecule has 1 aliphatic rings.